The van der Waals surface area contributed by atoms with Crippen LogP contribution >= 0.6 is 22.9 Å². The van der Waals surface area contributed by atoms with Gasteiger partial charge >= 0.3 is 5.38 Å². The van der Waals surface area contributed by atoms with E-state index >= 15 is 0 Å². The molecule has 0 aliphatic heterocycles. The van der Waals surface area contributed by atoms with E-state index in [9.17, 15) is 13.6 Å². The van der Waals surface area contributed by atoms with Crippen LogP contribution in [0.2, 0.25) is 0 Å². The third-order valence-corrected chi connectivity index (χ3v) is 2.54. The van der Waals surface area contributed by atoms with Gasteiger partial charge < -0.3 is 0 Å². The zero-order valence-corrected chi connectivity index (χ0v) is 8.15. The minimum absolute atomic E-state index is 0.202. The summed E-state index contributed by atoms with van der Waals surface area (Å²) in [5.41, 5.74) is -1.28. The molecule has 0 aliphatic carbocycles. The lowest BCUT2D eigenvalue weighted by molar-refractivity contribution is 0.0900. The molecular formula is C7H3ClF2N2OS. The zero-order valence-electron chi connectivity index (χ0n) is 6.58. The number of hydrogen-bond acceptors (Lipinski definition) is 3. The van der Waals surface area contributed by atoms with Gasteiger partial charge in [-0.25, -0.2) is 4.98 Å². The second-order valence-corrected chi connectivity index (χ2v) is 3.88. The maximum absolute atomic E-state index is 12.6. The summed E-state index contributed by atoms with van der Waals surface area (Å²) in [7, 11) is 0. The first-order chi connectivity index (χ1) is 6.48. The van der Waals surface area contributed by atoms with Gasteiger partial charge in [-0.1, -0.05) is 0 Å². The number of nitrogens with zero attached hydrogens (tertiary/aromatic N) is 2. The van der Waals surface area contributed by atoms with Crippen LogP contribution in [-0.2, 0) is 5.38 Å². The summed E-state index contributed by atoms with van der Waals surface area (Å²) in [6, 6.07) is 0.729. The maximum Gasteiger partial charge on any atom is 0.365 e. The molecule has 3 nitrogen and oxygen atoms in total. The number of hydrogen-bond donors (Lipinski definition) is 0. The fourth-order valence-electron chi connectivity index (χ4n) is 0.988. The second-order valence-electron chi connectivity index (χ2n) is 2.53. The highest BCUT2D eigenvalue weighted by molar-refractivity contribution is 7.15. The Kier molecular flexibility index (Phi) is 2.04. The number of aromatic nitrogens is 2. The van der Waals surface area contributed by atoms with Gasteiger partial charge in [-0.05, 0) is 11.6 Å². The van der Waals surface area contributed by atoms with Crippen molar-refractivity contribution in [3.8, 4) is 0 Å². The van der Waals surface area contributed by atoms with E-state index in [0.717, 1.165) is 17.4 Å². The van der Waals surface area contributed by atoms with Gasteiger partial charge in [0.25, 0.3) is 5.56 Å². The van der Waals surface area contributed by atoms with E-state index < -0.39 is 16.6 Å². The molecule has 2 rings (SSSR count). The Labute approximate surface area is 85.6 Å². The van der Waals surface area contributed by atoms with Crippen LogP contribution in [0.15, 0.2) is 22.4 Å². The van der Waals surface area contributed by atoms with E-state index in [1.54, 1.807) is 5.38 Å². The molecule has 0 bridgehead atoms. The first kappa shape index (κ1) is 9.54. The standard InChI is InChI=1S/C7H3ClF2N2OS/c8-7(9,10)4-3-5(13)12-1-2-14-6(12)11-4/h1-3H. The highest BCUT2D eigenvalue weighted by Gasteiger charge is 2.30. The largest absolute Gasteiger partial charge is 0.365 e. The minimum Gasteiger partial charge on any atom is -0.269 e. The predicted octanol–water partition coefficient (Wildman–Crippen LogP) is 2.04. The molecule has 14 heavy (non-hydrogen) atoms. The third-order valence-electron chi connectivity index (χ3n) is 1.59. The molecule has 0 fully saturated rings. The minimum atomic E-state index is -3.60. The second kappa shape index (κ2) is 2.99. The van der Waals surface area contributed by atoms with Gasteiger partial charge in [0.15, 0.2) is 4.96 Å². The van der Waals surface area contributed by atoms with Crippen molar-refractivity contribution < 1.29 is 8.78 Å². The Balaban J connectivity index is 2.77. The fourth-order valence-corrected chi connectivity index (χ4v) is 1.80. The Hall–Kier alpha value is -1.01. The van der Waals surface area contributed by atoms with Crippen LogP contribution in [0.25, 0.3) is 4.96 Å². The topological polar surface area (TPSA) is 34.4 Å². The molecule has 2 aromatic rings. The van der Waals surface area contributed by atoms with Crippen LogP contribution in [0.1, 0.15) is 5.69 Å². The monoisotopic (exact) mass is 236 g/mol. The molecule has 0 aliphatic rings. The van der Waals surface area contributed by atoms with Crippen LogP contribution < -0.4 is 5.56 Å². The zero-order chi connectivity index (χ0) is 10.3. The first-order valence-corrected chi connectivity index (χ1v) is 4.78. The Bertz CT molecular complexity index is 530. The molecule has 0 atom stereocenters. The maximum atomic E-state index is 12.6. The van der Waals surface area contributed by atoms with Crippen LogP contribution in [0.4, 0.5) is 8.78 Å². The summed E-state index contributed by atoms with van der Waals surface area (Å²) >= 11 is 5.85. The van der Waals surface area contributed by atoms with Gasteiger partial charge in [0.2, 0.25) is 0 Å². The predicted molar refractivity (Wildman–Crippen MR) is 49.1 cm³/mol. The molecule has 0 amide bonds. The van der Waals surface area contributed by atoms with Gasteiger partial charge in [-0.3, -0.25) is 9.20 Å². The molecule has 74 valence electrons. The molecule has 0 aromatic carbocycles. The number of thiazole rings is 1. The lowest BCUT2D eigenvalue weighted by Crippen LogP contribution is -2.17. The van der Waals surface area contributed by atoms with Crippen LogP contribution in [0, 0.1) is 0 Å². The average molecular weight is 237 g/mol. The smallest absolute Gasteiger partial charge is 0.269 e. The summed E-state index contributed by atoms with van der Waals surface area (Å²) in [6.45, 7) is 0. The summed E-state index contributed by atoms with van der Waals surface area (Å²) in [6.07, 6.45) is 1.46. The SMILES string of the molecule is O=c1cc(C(F)(F)Cl)nc2sccn12. The van der Waals surface area contributed by atoms with Gasteiger partial charge in [0.05, 0.1) is 0 Å². The highest BCUT2D eigenvalue weighted by atomic mass is 35.5. The van der Waals surface area contributed by atoms with Crippen molar-refractivity contribution in [3.05, 3.63) is 33.7 Å². The van der Waals surface area contributed by atoms with Crippen molar-refractivity contribution >= 4 is 27.9 Å². The first-order valence-electron chi connectivity index (χ1n) is 3.52. The third kappa shape index (κ3) is 1.51. The Morgan fingerprint density at radius 1 is 1.57 bits per heavy atom. The van der Waals surface area contributed by atoms with Crippen molar-refractivity contribution in [2.75, 3.05) is 0 Å². The average Bonchev–Trinajstić information content (AvgIpc) is 2.50. The van der Waals surface area contributed by atoms with Crippen LogP contribution in [0.3, 0.4) is 0 Å². The van der Waals surface area contributed by atoms with Gasteiger partial charge in [0.1, 0.15) is 5.69 Å². The van der Waals surface area contributed by atoms with Crippen molar-refractivity contribution in [2.45, 2.75) is 5.38 Å². The molecule has 0 N–H and O–H groups in total. The highest BCUT2D eigenvalue weighted by Crippen LogP contribution is 2.30. The molecular weight excluding hydrogens is 234 g/mol. The van der Waals surface area contributed by atoms with E-state index in [2.05, 4.69) is 4.98 Å². The number of fused-ring (bicyclic) bond motifs is 1. The lowest BCUT2D eigenvalue weighted by atomic mass is 10.4. The number of halogens is 3. The molecule has 2 aromatic heterocycles. The molecule has 0 unspecified atom stereocenters. The lowest BCUT2D eigenvalue weighted by Gasteiger charge is -2.05. The van der Waals surface area contributed by atoms with E-state index in [1.807, 2.05) is 0 Å². The Morgan fingerprint density at radius 2 is 2.29 bits per heavy atom. The summed E-state index contributed by atoms with van der Waals surface area (Å²) in [4.78, 5) is 15.0. The molecule has 0 spiro atoms. The molecule has 0 saturated heterocycles. The normalized spacial score (nSPS) is 12.2. The molecule has 0 saturated carbocycles. The van der Waals surface area contributed by atoms with E-state index in [0.29, 0.717) is 0 Å². The number of rotatable bonds is 1. The van der Waals surface area contributed by atoms with Crippen molar-refractivity contribution in [1.82, 2.24) is 9.38 Å². The van der Waals surface area contributed by atoms with E-state index in [-0.39, 0.29) is 4.96 Å². The molecule has 7 heteroatoms. The van der Waals surface area contributed by atoms with E-state index in [1.165, 1.54) is 10.6 Å². The van der Waals surface area contributed by atoms with Gasteiger partial charge in [-0.2, -0.15) is 8.78 Å². The Morgan fingerprint density at radius 3 is 2.93 bits per heavy atom. The summed E-state index contributed by atoms with van der Waals surface area (Å²) in [5, 5.41) is -2.02. The van der Waals surface area contributed by atoms with Gasteiger partial charge in [0, 0.05) is 17.6 Å². The van der Waals surface area contributed by atoms with Crippen molar-refractivity contribution in [2.24, 2.45) is 0 Å². The summed E-state index contributed by atoms with van der Waals surface area (Å²) in [5.74, 6) is 0. The van der Waals surface area contributed by atoms with Crippen LogP contribution in [-0.4, -0.2) is 9.38 Å². The number of alkyl halides is 3. The summed E-state index contributed by atoms with van der Waals surface area (Å²) < 4.78 is 26.4. The fraction of sp³-hybridized carbons (Fsp3) is 0.143. The van der Waals surface area contributed by atoms with Crippen LogP contribution in [0.5, 0.6) is 0 Å². The molecule has 2 heterocycles. The van der Waals surface area contributed by atoms with Crippen molar-refractivity contribution in [1.29, 1.82) is 0 Å². The van der Waals surface area contributed by atoms with Crippen molar-refractivity contribution in [3.63, 3.8) is 0 Å². The van der Waals surface area contributed by atoms with Gasteiger partial charge in [-0.15, -0.1) is 11.3 Å². The quantitative estimate of drug-likeness (QED) is 0.710. The molecule has 0 radical (unpaired) electrons. The van der Waals surface area contributed by atoms with E-state index in [4.69, 9.17) is 11.6 Å².